The van der Waals surface area contributed by atoms with Crippen LogP contribution in [-0.4, -0.2) is 18.4 Å². The molecule has 5 nitrogen and oxygen atoms in total. The molecule has 0 bridgehead atoms. The van der Waals surface area contributed by atoms with Gasteiger partial charge in [-0.2, -0.15) is 0 Å². The molecule has 1 aromatic carbocycles. The molecular formula is C18H18BrClN2O3S. The zero-order valence-corrected chi connectivity index (χ0v) is 17.3. The molecule has 1 aliphatic carbocycles. The first-order chi connectivity index (χ1) is 12.3. The monoisotopic (exact) mass is 456 g/mol. The number of carbonyl (C=O) groups excluding carboxylic acids is 2. The molecule has 3 N–H and O–H groups in total. The summed E-state index contributed by atoms with van der Waals surface area (Å²) in [5, 5.41) is 3.86. The second-order valence-electron chi connectivity index (χ2n) is 6.33. The second-order valence-corrected chi connectivity index (χ2v) is 8.73. The standard InChI is InChI=1S/C18H18BrClN2O3S/c1-9-2-4-11-14(6-9)26-18(16(11)17(21)24)22-15(23)8-25-13-5-3-10(20)7-12(13)19/h3,5,7,9H,2,4,6,8H2,1H3,(H2,21,24)(H,22,23). The summed E-state index contributed by atoms with van der Waals surface area (Å²) in [7, 11) is 0. The van der Waals surface area contributed by atoms with Crippen LogP contribution in [0.5, 0.6) is 5.75 Å². The van der Waals surface area contributed by atoms with Gasteiger partial charge in [0.05, 0.1) is 10.0 Å². The summed E-state index contributed by atoms with van der Waals surface area (Å²) in [6.45, 7) is 2.00. The number of halogens is 2. The summed E-state index contributed by atoms with van der Waals surface area (Å²) >= 11 is 10.7. The number of nitrogens with two attached hydrogens (primary N) is 1. The predicted molar refractivity (Wildman–Crippen MR) is 107 cm³/mol. The lowest BCUT2D eigenvalue weighted by Crippen LogP contribution is -2.22. The van der Waals surface area contributed by atoms with Gasteiger partial charge in [-0.3, -0.25) is 9.59 Å². The molecule has 0 radical (unpaired) electrons. The Morgan fingerprint density at radius 3 is 2.92 bits per heavy atom. The van der Waals surface area contributed by atoms with Crippen molar-refractivity contribution in [2.45, 2.75) is 26.2 Å². The van der Waals surface area contributed by atoms with Crippen LogP contribution in [0.25, 0.3) is 0 Å². The molecule has 0 saturated carbocycles. The zero-order valence-electron chi connectivity index (χ0n) is 14.1. The molecule has 0 spiro atoms. The Morgan fingerprint density at radius 2 is 2.23 bits per heavy atom. The smallest absolute Gasteiger partial charge is 0.262 e. The van der Waals surface area contributed by atoms with Gasteiger partial charge in [-0.1, -0.05) is 18.5 Å². The van der Waals surface area contributed by atoms with Crippen molar-refractivity contribution in [1.29, 1.82) is 0 Å². The Kier molecular flexibility index (Phi) is 5.89. The fourth-order valence-corrected chi connectivity index (χ4v) is 5.23. The molecule has 0 fully saturated rings. The minimum atomic E-state index is -0.506. The van der Waals surface area contributed by atoms with Crippen LogP contribution in [0, 0.1) is 5.92 Å². The Hall–Kier alpha value is -1.57. The van der Waals surface area contributed by atoms with E-state index in [1.807, 2.05) is 0 Å². The molecule has 0 aliphatic heterocycles. The molecule has 8 heteroatoms. The topological polar surface area (TPSA) is 81.4 Å². The van der Waals surface area contributed by atoms with Gasteiger partial charge in [0.1, 0.15) is 10.8 Å². The van der Waals surface area contributed by atoms with Gasteiger partial charge in [0.15, 0.2) is 6.61 Å². The molecule has 1 aromatic heterocycles. The first-order valence-corrected chi connectivity index (χ1v) is 10.2. The number of ether oxygens (including phenoxy) is 1. The summed E-state index contributed by atoms with van der Waals surface area (Å²) in [5.41, 5.74) is 6.99. The van der Waals surface area contributed by atoms with E-state index < -0.39 is 5.91 Å². The van der Waals surface area contributed by atoms with Crippen molar-refractivity contribution in [1.82, 2.24) is 0 Å². The van der Waals surface area contributed by atoms with Crippen LogP contribution in [0.15, 0.2) is 22.7 Å². The van der Waals surface area contributed by atoms with E-state index >= 15 is 0 Å². The summed E-state index contributed by atoms with van der Waals surface area (Å²) < 4.78 is 6.18. The molecule has 26 heavy (non-hydrogen) atoms. The van der Waals surface area contributed by atoms with Crippen molar-refractivity contribution in [2.75, 3.05) is 11.9 Å². The third-order valence-corrected chi connectivity index (χ3v) is 6.29. The Bertz CT molecular complexity index is 868. The number of hydrogen-bond donors (Lipinski definition) is 2. The van der Waals surface area contributed by atoms with E-state index in [-0.39, 0.29) is 12.5 Å². The normalized spacial score (nSPS) is 16.0. The van der Waals surface area contributed by atoms with Crippen LogP contribution in [0.1, 0.15) is 34.1 Å². The largest absolute Gasteiger partial charge is 0.483 e. The van der Waals surface area contributed by atoms with Gasteiger partial charge in [-0.15, -0.1) is 11.3 Å². The molecule has 138 valence electrons. The van der Waals surface area contributed by atoms with Crippen molar-refractivity contribution in [3.05, 3.63) is 43.7 Å². The minimum absolute atomic E-state index is 0.183. The quantitative estimate of drug-likeness (QED) is 0.698. The Labute approximate surface area is 169 Å². The van der Waals surface area contributed by atoms with Crippen LogP contribution < -0.4 is 15.8 Å². The van der Waals surface area contributed by atoms with E-state index in [9.17, 15) is 9.59 Å². The fraction of sp³-hybridized carbons (Fsp3) is 0.333. The number of benzene rings is 1. The first kappa shape index (κ1) is 19.2. The molecule has 1 aliphatic rings. The maximum atomic E-state index is 12.3. The number of thiophene rings is 1. The van der Waals surface area contributed by atoms with E-state index in [0.717, 1.165) is 29.7 Å². The summed E-state index contributed by atoms with van der Waals surface area (Å²) in [5.74, 6) is 0.227. The maximum Gasteiger partial charge on any atom is 0.262 e. The van der Waals surface area contributed by atoms with Crippen LogP contribution in [-0.2, 0) is 17.6 Å². The molecule has 1 heterocycles. The Balaban J connectivity index is 1.72. The van der Waals surface area contributed by atoms with Crippen molar-refractivity contribution in [3.63, 3.8) is 0 Å². The average molecular weight is 458 g/mol. The number of anilines is 1. The van der Waals surface area contributed by atoms with E-state index in [1.165, 1.54) is 11.3 Å². The van der Waals surface area contributed by atoms with Crippen LogP contribution >= 0.6 is 38.9 Å². The minimum Gasteiger partial charge on any atom is -0.483 e. The lowest BCUT2D eigenvalue weighted by atomic mass is 9.88. The predicted octanol–water partition coefficient (Wildman–Crippen LogP) is 4.41. The number of hydrogen-bond acceptors (Lipinski definition) is 4. The van der Waals surface area contributed by atoms with Crippen LogP contribution in [0.2, 0.25) is 5.02 Å². The molecule has 2 aromatic rings. The highest BCUT2D eigenvalue weighted by atomic mass is 79.9. The Morgan fingerprint density at radius 1 is 1.46 bits per heavy atom. The van der Waals surface area contributed by atoms with Crippen molar-refractivity contribution >= 4 is 55.7 Å². The molecular weight excluding hydrogens is 440 g/mol. The fourth-order valence-electron chi connectivity index (χ4n) is 3.00. The van der Waals surface area contributed by atoms with Gasteiger partial charge in [0.25, 0.3) is 11.8 Å². The zero-order chi connectivity index (χ0) is 18.8. The maximum absolute atomic E-state index is 12.3. The van der Waals surface area contributed by atoms with E-state index in [4.69, 9.17) is 22.1 Å². The number of amides is 2. The van der Waals surface area contributed by atoms with Gasteiger partial charge in [-0.05, 0) is 64.9 Å². The number of fused-ring (bicyclic) bond motifs is 1. The van der Waals surface area contributed by atoms with E-state index in [0.29, 0.717) is 31.7 Å². The third kappa shape index (κ3) is 4.22. The number of carbonyl (C=O) groups is 2. The molecule has 3 rings (SSSR count). The molecule has 1 atom stereocenters. The van der Waals surface area contributed by atoms with Crippen molar-refractivity contribution in [2.24, 2.45) is 11.7 Å². The van der Waals surface area contributed by atoms with Crippen LogP contribution in [0.3, 0.4) is 0 Å². The average Bonchev–Trinajstić information content (AvgIpc) is 2.90. The summed E-state index contributed by atoms with van der Waals surface area (Å²) in [4.78, 5) is 25.3. The number of nitrogens with one attached hydrogen (secondary N) is 1. The highest BCUT2D eigenvalue weighted by Crippen LogP contribution is 2.39. The van der Waals surface area contributed by atoms with E-state index in [2.05, 4.69) is 28.2 Å². The van der Waals surface area contributed by atoms with Gasteiger partial charge in [0.2, 0.25) is 0 Å². The van der Waals surface area contributed by atoms with Gasteiger partial charge < -0.3 is 15.8 Å². The molecule has 0 saturated heterocycles. The number of primary amides is 1. The second kappa shape index (κ2) is 7.98. The summed E-state index contributed by atoms with van der Waals surface area (Å²) in [6, 6.07) is 5.05. The van der Waals surface area contributed by atoms with Crippen molar-refractivity contribution < 1.29 is 14.3 Å². The van der Waals surface area contributed by atoms with Gasteiger partial charge in [-0.25, -0.2) is 0 Å². The lowest BCUT2D eigenvalue weighted by Gasteiger charge is -2.18. The number of rotatable bonds is 5. The highest BCUT2D eigenvalue weighted by Gasteiger charge is 2.27. The summed E-state index contributed by atoms with van der Waals surface area (Å²) in [6.07, 6.45) is 2.74. The first-order valence-electron chi connectivity index (χ1n) is 8.17. The van der Waals surface area contributed by atoms with Gasteiger partial charge in [0, 0.05) is 9.90 Å². The SMILES string of the molecule is CC1CCc2c(sc(NC(=O)COc3ccc(Cl)cc3Br)c2C(N)=O)C1. The third-order valence-electron chi connectivity index (χ3n) is 4.26. The van der Waals surface area contributed by atoms with E-state index in [1.54, 1.807) is 18.2 Å². The van der Waals surface area contributed by atoms with Crippen molar-refractivity contribution in [3.8, 4) is 5.75 Å². The lowest BCUT2D eigenvalue weighted by molar-refractivity contribution is -0.118. The molecule has 2 amide bonds. The van der Waals surface area contributed by atoms with Crippen LogP contribution in [0.4, 0.5) is 5.00 Å². The van der Waals surface area contributed by atoms with Gasteiger partial charge >= 0.3 is 0 Å². The highest BCUT2D eigenvalue weighted by molar-refractivity contribution is 9.10. The molecule has 1 unspecified atom stereocenters.